The van der Waals surface area contributed by atoms with Crippen LogP contribution in [0.15, 0.2) is 24.3 Å². The van der Waals surface area contributed by atoms with Crippen molar-refractivity contribution in [3.05, 3.63) is 35.5 Å². The molecule has 0 spiro atoms. The van der Waals surface area contributed by atoms with Crippen molar-refractivity contribution < 1.29 is 15.0 Å². The molecule has 2 rings (SSSR count). The second-order valence-electron chi connectivity index (χ2n) is 3.91. The molecule has 0 aliphatic rings. The molecule has 0 bridgehead atoms. The molecule has 0 aliphatic heterocycles. The summed E-state index contributed by atoms with van der Waals surface area (Å²) in [6.45, 7) is 2.01. The molecular weight excluding hydrogens is 234 g/mol. The number of benzene rings is 1. The highest BCUT2D eigenvalue weighted by molar-refractivity contribution is 5.92. The lowest BCUT2D eigenvalue weighted by molar-refractivity contribution is 0.0691. The molecule has 6 nitrogen and oxygen atoms in total. The molecule has 1 aromatic carbocycles. The molecule has 0 saturated carbocycles. The fraction of sp³-hybridized carbons (Fsp3) is 0.250. The Morgan fingerprint density at radius 3 is 2.83 bits per heavy atom. The van der Waals surface area contributed by atoms with E-state index in [9.17, 15) is 4.79 Å². The van der Waals surface area contributed by atoms with Crippen LogP contribution < -0.4 is 0 Å². The molecule has 1 aromatic heterocycles. The van der Waals surface area contributed by atoms with Crippen LogP contribution in [-0.4, -0.2) is 37.8 Å². The number of carboxylic acids is 1. The van der Waals surface area contributed by atoms with E-state index in [4.69, 9.17) is 10.2 Å². The summed E-state index contributed by atoms with van der Waals surface area (Å²) in [5.41, 5.74) is 2.06. The maximum Gasteiger partial charge on any atom is 0.358 e. The minimum atomic E-state index is -1.13. The van der Waals surface area contributed by atoms with Gasteiger partial charge in [0.25, 0.3) is 0 Å². The van der Waals surface area contributed by atoms with Crippen molar-refractivity contribution in [2.24, 2.45) is 0 Å². The number of carbonyl (C=O) groups is 1. The topological polar surface area (TPSA) is 88.2 Å². The number of aliphatic hydroxyl groups excluding tert-OH is 1. The van der Waals surface area contributed by atoms with Gasteiger partial charge in [-0.1, -0.05) is 29.0 Å². The number of carboxylic acid groups (broad SMARTS) is 1. The van der Waals surface area contributed by atoms with Crippen LogP contribution >= 0.6 is 0 Å². The van der Waals surface area contributed by atoms with E-state index in [0.717, 1.165) is 11.1 Å². The molecule has 1 heterocycles. The number of aromatic carboxylic acids is 1. The summed E-state index contributed by atoms with van der Waals surface area (Å²) in [6.07, 6.45) is 0. The number of rotatable bonds is 4. The van der Waals surface area contributed by atoms with Crippen LogP contribution in [0.3, 0.4) is 0 Å². The molecule has 0 amide bonds. The van der Waals surface area contributed by atoms with Gasteiger partial charge in [-0.3, -0.25) is 0 Å². The van der Waals surface area contributed by atoms with Crippen LogP contribution in [0.5, 0.6) is 0 Å². The van der Waals surface area contributed by atoms with Crippen molar-refractivity contribution in [2.45, 2.75) is 13.5 Å². The van der Waals surface area contributed by atoms with E-state index in [-0.39, 0.29) is 18.8 Å². The Morgan fingerprint density at radius 2 is 2.22 bits per heavy atom. The first-order valence-electron chi connectivity index (χ1n) is 5.48. The summed E-state index contributed by atoms with van der Waals surface area (Å²) >= 11 is 0. The fourth-order valence-corrected chi connectivity index (χ4v) is 1.79. The monoisotopic (exact) mass is 247 g/mol. The summed E-state index contributed by atoms with van der Waals surface area (Å²) in [5.74, 6) is -1.13. The summed E-state index contributed by atoms with van der Waals surface area (Å²) in [4.78, 5) is 11.1. The van der Waals surface area contributed by atoms with Crippen LogP contribution in [0.2, 0.25) is 0 Å². The lowest BCUT2D eigenvalue weighted by Gasteiger charge is -2.06. The van der Waals surface area contributed by atoms with Gasteiger partial charge >= 0.3 is 5.97 Å². The van der Waals surface area contributed by atoms with E-state index < -0.39 is 5.97 Å². The van der Waals surface area contributed by atoms with E-state index in [1.807, 2.05) is 25.1 Å². The summed E-state index contributed by atoms with van der Waals surface area (Å²) in [6, 6.07) is 7.42. The van der Waals surface area contributed by atoms with Gasteiger partial charge in [0.05, 0.1) is 13.2 Å². The fourth-order valence-electron chi connectivity index (χ4n) is 1.79. The zero-order valence-corrected chi connectivity index (χ0v) is 9.87. The second-order valence-corrected chi connectivity index (χ2v) is 3.91. The smallest absolute Gasteiger partial charge is 0.358 e. The SMILES string of the molecule is Cc1cccc(-c2c(C(=O)O)nnn2CCO)c1. The standard InChI is InChI=1S/C12H13N3O3/c1-8-3-2-4-9(7-8)11-10(12(17)18)13-14-15(11)5-6-16/h2-4,7,16H,5-6H2,1H3,(H,17,18). The molecule has 0 radical (unpaired) electrons. The zero-order valence-electron chi connectivity index (χ0n) is 9.87. The number of hydrogen-bond acceptors (Lipinski definition) is 4. The molecule has 0 fully saturated rings. The van der Waals surface area contributed by atoms with Crippen LogP contribution in [0.4, 0.5) is 0 Å². The summed E-state index contributed by atoms with van der Waals surface area (Å²) in [7, 11) is 0. The highest BCUT2D eigenvalue weighted by Crippen LogP contribution is 2.23. The number of aliphatic hydroxyl groups is 1. The molecule has 0 aliphatic carbocycles. The second kappa shape index (κ2) is 4.97. The Kier molecular flexibility index (Phi) is 3.38. The van der Waals surface area contributed by atoms with Crippen LogP contribution in [0, 0.1) is 6.92 Å². The third-order valence-electron chi connectivity index (χ3n) is 2.54. The average Bonchev–Trinajstić information content (AvgIpc) is 2.73. The third-order valence-corrected chi connectivity index (χ3v) is 2.54. The Labute approximate surface area is 103 Å². The minimum absolute atomic E-state index is 0.103. The van der Waals surface area contributed by atoms with Gasteiger partial charge in [-0.25, -0.2) is 9.48 Å². The molecular formula is C12H13N3O3. The van der Waals surface area contributed by atoms with Gasteiger partial charge in [0.2, 0.25) is 0 Å². The average molecular weight is 247 g/mol. The number of nitrogens with zero attached hydrogens (tertiary/aromatic N) is 3. The van der Waals surface area contributed by atoms with Crippen molar-refractivity contribution in [1.29, 1.82) is 0 Å². The van der Waals surface area contributed by atoms with E-state index in [1.54, 1.807) is 6.07 Å². The predicted octanol–water partition coefficient (Wildman–Crippen LogP) is 0.944. The van der Waals surface area contributed by atoms with Crippen LogP contribution in [0.1, 0.15) is 16.1 Å². The zero-order chi connectivity index (χ0) is 13.1. The highest BCUT2D eigenvalue weighted by Gasteiger charge is 2.20. The molecule has 0 unspecified atom stereocenters. The van der Waals surface area contributed by atoms with Crippen molar-refractivity contribution in [3.8, 4) is 11.3 Å². The van der Waals surface area contributed by atoms with Gasteiger partial charge in [-0.2, -0.15) is 0 Å². The Bertz CT molecular complexity index is 578. The molecule has 94 valence electrons. The first-order chi connectivity index (χ1) is 8.63. The molecule has 0 saturated heterocycles. The van der Waals surface area contributed by atoms with Crippen LogP contribution in [0.25, 0.3) is 11.3 Å². The van der Waals surface area contributed by atoms with E-state index in [1.165, 1.54) is 4.68 Å². The van der Waals surface area contributed by atoms with Crippen molar-refractivity contribution in [1.82, 2.24) is 15.0 Å². The highest BCUT2D eigenvalue weighted by atomic mass is 16.4. The largest absolute Gasteiger partial charge is 0.476 e. The number of hydrogen-bond donors (Lipinski definition) is 2. The van der Waals surface area contributed by atoms with Gasteiger partial charge in [0.15, 0.2) is 5.69 Å². The maximum absolute atomic E-state index is 11.1. The van der Waals surface area contributed by atoms with Gasteiger partial charge in [-0.05, 0) is 13.0 Å². The van der Waals surface area contributed by atoms with E-state index >= 15 is 0 Å². The Morgan fingerprint density at radius 1 is 1.44 bits per heavy atom. The first kappa shape index (κ1) is 12.3. The summed E-state index contributed by atoms with van der Waals surface area (Å²) in [5, 5.41) is 25.5. The van der Waals surface area contributed by atoms with Crippen molar-refractivity contribution >= 4 is 5.97 Å². The molecule has 0 atom stereocenters. The van der Waals surface area contributed by atoms with Crippen molar-refractivity contribution in [3.63, 3.8) is 0 Å². The van der Waals surface area contributed by atoms with E-state index in [2.05, 4.69) is 10.3 Å². The quantitative estimate of drug-likeness (QED) is 0.839. The lowest BCUT2D eigenvalue weighted by atomic mass is 10.1. The van der Waals surface area contributed by atoms with E-state index in [0.29, 0.717) is 5.69 Å². The Hall–Kier alpha value is -2.21. The lowest BCUT2D eigenvalue weighted by Crippen LogP contribution is -2.07. The van der Waals surface area contributed by atoms with Crippen molar-refractivity contribution in [2.75, 3.05) is 6.61 Å². The number of aryl methyl sites for hydroxylation is 1. The minimum Gasteiger partial charge on any atom is -0.476 e. The molecule has 6 heteroatoms. The predicted molar refractivity (Wildman–Crippen MR) is 64.2 cm³/mol. The molecule has 2 N–H and O–H groups in total. The molecule has 2 aromatic rings. The normalized spacial score (nSPS) is 10.6. The van der Waals surface area contributed by atoms with Crippen LogP contribution in [-0.2, 0) is 6.54 Å². The Balaban J connectivity index is 2.59. The third kappa shape index (κ3) is 2.23. The maximum atomic E-state index is 11.1. The molecule has 18 heavy (non-hydrogen) atoms. The van der Waals surface area contributed by atoms with Gasteiger partial charge in [0.1, 0.15) is 5.69 Å². The van der Waals surface area contributed by atoms with Gasteiger partial charge < -0.3 is 10.2 Å². The van der Waals surface area contributed by atoms with Gasteiger partial charge in [0, 0.05) is 5.56 Å². The summed E-state index contributed by atoms with van der Waals surface area (Å²) < 4.78 is 1.40. The first-order valence-corrected chi connectivity index (χ1v) is 5.48. The number of aromatic nitrogens is 3. The van der Waals surface area contributed by atoms with Gasteiger partial charge in [-0.15, -0.1) is 5.10 Å².